The molecule has 6 nitrogen and oxygen atoms in total. The number of hydrogen-bond donors (Lipinski definition) is 1. The lowest BCUT2D eigenvalue weighted by atomic mass is 10.2. The van der Waals surface area contributed by atoms with Crippen molar-refractivity contribution >= 4 is 10.0 Å². The van der Waals surface area contributed by atoms with Crippen LogP contribution in [0.3, 0.4) is 0 Å². The monoisotopic (exact) mass is 293 g/mol. The van der Waals surface area contributed by atoms with Gasteiger partial charge in [-0.05, 0) is 13.0 Å². The summed E-state index contributed by atoms with van der Waals surface area (Å²) in [5.41, 5.74) is 0.866. The summed E-state index contributed by atoms with van der Waals surface area (Å²) in [4.78, 5) is 6.73. The summed E-state index contributed by atoms with van der Waals surface area (Å²) < 4.78 is 32.1. The average molecular weight is 293 g/mol. The van der Waals surface area contributed by atoms with Crippen LogP contribution in [0, 0.1) is 6.92 Å². The molecule has 0 bridgehead atoms. The van der Waals surface area contributed by atoms with Crippen molar-refractivity contribution in [3.05, 3.63) is 41.9 Å². The molecule has 20 heavy (non-hydrogen) atoms. The third-order valence-electron chi connectivity index (χ3n) is 3.21. The highest BCUT2D eigenvalue weighted by molar-refractivity contribution is 7.89. The fourth-order valence-electron chi connectivity index (χ4n) is 2.18. The number of nitrogens with one attached hydrogen (secondary N) is 1. The SMILES string of the molecule is Cc1ncc(S(=O)(=O)N2CCOc3ccccc3C2)[nH]1. The summed E-state index contributed by atoms with van der Waals surface area (Å²) in [7, 11) is -3.57. The van der Waals surface area contributed by atoms with E-state index in [-0.39, 0.29) is 5.03 Å². The van der Waals surface area contributed by atoms with Crippen LogP contribution >= 0.6 is 0 Å². The fourth-order valence-corrected chi connectivity index (χ4v) is 3.54. The quantitative estimate of drug-likeness (QED) is 0.905. The molecule has 0 radical (unpaired) electrons. The number of rotatable bonds is 2. The molecule has 0 atom stereocenters. The zero-order chi connectivity index (χ0) is 14.2. The zero-order valence-electron chi connectivity index (χ0n) is 11.0. The molecule has 3 rings (SSSR count). The third kappa shape index (κ3) is 2.30. The van der Waals surface area contributed by atoms with E-state index < -0.39 is 10.0 Å². The Bertz CT molecular complexity index is 724. The maximum atomic E-state index is 12.6. The lowest BCUT2D eigenvalue weighted by molar-refractivity contribution is 0.292. The first-order chi connectivity index (χ1) is 9.57. The van der Waals surface area contributed by atoms with E-state index >= 15 is 0 Å². The van der Waals surface area contributed by atoms with E-state index in [9.17, 15) is 8.42 Å². The molecule has 1 aromatic carbocycles. The van der Waals surface area contributed by atoms with Gasteiger partial charge in [0.15, 0.2) is 5.03 Å². The molecule has 0 saturated carbocycles. The summed E-state index contributed by atoms with van der Waals surface area (Å²) in [6.45, 7) is 2.68. The number of aromatic amines is 1. The van der Waals surface area contributed by atoms with Crippen LogP contribution in [0.1, 0.15) is 11.4 Å². The van der Waals surface area contributed by atoms with Crippen molar-refractivity contribution in [3.8, 4) is 5.75 Å². The van der Waals surface area contributed by atoms with Crippen molar-refractivity contribution < 1.29 is 13.2 Å². The minimum absolute atomic E-state index is 0.120. The molecule has 2 aromatic rings. The van der Waals surface area contributed by atoms with Crippen LogP contribution < -0.4 is 4.74 Å². The fraction of sp³-hybridized carbons (Fsp3) is 0.308. The Hall–Kier alpha value is -1.86. The van der Waals surface area contributed by atoms with E-state index in [4.69, 9.17) is 4.74 Å². The highest BCUT2D eigenvalue weighted by Gasteiger charge is 2.28. The molecule has 1 aliphatic heterocycles. The number of hydrogen-bond acceptors (Lipinski definition) is 4. The van der Waals surface area contributed by atoms with Gasteiger partial charge in [-0.25, -0.2) is 13.4 Å². The van der Waals surface area contributed by atoms with Crippen LogP contribution in [0.2, 0.25) is 0 Å². The maximum absolute atomic E-state index is 12.6. The molecule has 2 heterocycles. The number of imidazole rings is 1. The second kappa shape index (κ2) is 4.92. The molecule has 1 N–H and O–H groups in total. The molecule has 0 aliphatic carbocycles. The molecule has 0 spiro atoms. The number of sulfonamides is 1. The van der Waals surface area contributed by atoms with Gasteiger partial charge in [-0.15, -0.1) is 0 Å². The molecule has 7 heteroatoms. The summed E-state index contributed by atoms with van der Waals surface area (Å²) in [6.07, 6.45) is 1.35. The van der Waals surface area contributed by atoms with Crippen LogP contribution in [-0.2, 0) is 16.6 Å². The van der Waals surface area contributed by atoms with Gasteiger partial charge in [-0.1, -0.05) is 18.2 Å². The number of H-pyrrole nitrogens is 1. The summed E-state index contributed by atoms with van der Waals surface area (Å²) in [5, 5.41) is 0.120. The normalized spacial score (nSPS) is 16.2. The van der Waals surface area contributed by atoms with Gasteiger partial charge in [0, 0.05) is 18.7 Å². The summed E-state index contributed by atoms with van der Waals surface area (Å²) in [5.74, 6) is 1.32. The van der Waals surface area contributed by atoms with Gasteiger partial charge in [-0.3, -0.25) is 0 Å². The number of nitrogens with zero attached hydrogens (tertiary/aromatic N) is 2. The third-order valence-corrected chi connectivity index (χ3v) is 4.97. The van der Waals surface area contributed by atoms with E-state index in [0.717, 1.165) is 11.3 Å². The van der Waals surface area contributed by atoms with Gasteiger partial charge in [-0.2, -0.15) is 4.31 Å². The number of ether oxygens (including phenoxy) is 1. The first-order valence-electron chi connectivity index (χ1n) is 6.30. The molecule has 1 aliphatic rings. The van der Waals surface area contributed by atoms with Crippen LogP contribution in [0.15, 0.2) is 35.5 Å². The minimum Gasteiger partial charge on any atom is -0.492 e. The van der Waals surface area contributed by atoms with Crippen molar-refractivity contribution in [1.82, 2.24) is 14.3 Å². The largest absolute Gasteiger partial charge is 0.492 e. The number of benzene rings is 1. The van der Waals surface area contributed by atoms with E-state index in [2.05, 4.69) is 9.97 Å². The summed E-state index contributed by atoms with van der Waals surface area (Å²) in [6, 6.07) is 7.48. The van der Waals surface area contributed by atoms with Crippen molar-refractivity contribution in [3.63, 3.8) is 0 Å². The van der Waals surface area contributed by atoms with Crippen LogP contribution in [0.4, 0.5) is 0 Å². The second-order valence-corrected chi connectivity index (χ2v) is 6.53. The van der Waals surface area contributed by atoms with Crippen molar-refractivity contribution in [2.24, 2.45) is 0 Å². The van der Waals surface area contributed by atoms with E-state index in [1.807, 2.05) is 24.3 Å². The topological polar surface area (TPSA) is 75.3 Å². The predicted octanol–water partition coefficient (Wildman–Crippen LogP) is 1.30. The van der Waals surface area contributed by atoms with Crippen molar-refractivity contribution in [2.45, 2.75) is 18.5 Å². The number of fused-ring (bicyclic) bond motifs is 1. The van der Waals surface area contributed by atoms with Gasteiger partial charge in [0.25, 0.3) is 10.0 Å². The van der Waals surface area contributed by atoms with Crippen molar-refractivity contribution in [2.75, 3.05) is 13.2 Å². The Morgan fingerprint density at radius 3 is 2.90 bits per heavy atom. The van der Waals surface area contributed by atoms with E-state index in [0.29, 0.717) is 25.5 Å². The zero-order valence-corrected chi connectivity index (χ0v) is 11.9. The molecule has 106 valence electrons. The van der Waals surface area contributed by atoms with E-state index in [1.54, 1.807) is 6.92 Å². The van der Waals surface area contributed by atoms with Gasteiger partial charge in [0.2, 0.25) is 0 Å². The second-order valence-electron chi connectivity index (χ2n) is 4.63. The standard InChI is InChI=1S/C13H15N3O3S/c1-10-14-8-13(15-10)20(17,18)16-6-7-19-12-5-3-2-4-11(12)9-16/h2-5,8H,6-7,9H2,1H3,(H,14,15). The average Bonchev–Trinajstić information content (AvgIpc) is 2.75. The van der Waals surface area contributed by atoms with Crippen LogP contribution in [0.5, 0.6) is 5.75 Å². The first kappa shape index (κ1) is 13.1. The smallest absolute Gasteiger partial charge is 0.260 e. The Labute approximate surface area is 117 Å². The Kier molecular flexibility index (Phi) is 3.23. The number of aryl methyl sites for hydroxylation is 1. The Balaban J connectivity index is 1.95. The van der Waals surface area contributed by atoms with Gasteiger partial charge in [0.1, 0.15) is 18.2 Å². The van der Waals surface area contributed by atoms with Gasteiger partial charge in [0.05, 0.1) is 6.20 Å². The molecule has 0 fully saturated rings. The molecule has 0 unspecified atom stereocenters. The molecular formula is C13H15N3O3S. The lowest BCUT2D eigenvalue weighted by Gasteiger charge is -2.18. The van der Waals surface area contributed by atoms with Crippen LogP contribution in [0.25, 0.3) is 0 Å². The molecular weight excluding hydrogens is 278 g/mol. The number of aromatic nitrogens is 2. The minimum atomic E-state index is -3.57. The highest BCUT2D eigenvalue weighted by Crippen LogP contribution is 2.25. The molecule has 0 amide bonds. The summed E-state index contributed by atoms with van der Waals surface area (Å²) >= 11 is 0. The lowest BCUT2D eigenvalue weighted by Crippen LogP contribution is -2.32. The van der Waals surface area contributed by atoms with Crippen molar-refractivity contribution in [1.29, 1.82) is 0 Å². The first-order valence-corrected chi connectivity index (χ1v) is 7.74. The molecule has 0 saturated heterocycles. The maximum Gasteiger partial charge on any atom is 0.260 e. The molecule has 1 aromatic heterocycles. The predicted molar refractivity (Wildman–Crippen MR) is 72.9 cm³/mol. The van der Waals surface area contributed by atoms with Gasteiger partial charge < -0.3 is 9.72 Å². The van der Waals surface area contributed by atoms with Crippen LogP contribution in [-0.4, -0.2) is 35.8 Å². The van der Waals surface area contributed by atoms with Gasteiger partial charge >= 0.3 is 0 Å². The Morgan fingerprint density at radius 1 is 1.35 bits per heavy atom. The van der Waals surface area contributed by atoms with E-state index in [1.165, 1.54) is 10.5 Å². The highest BCUT2D eigenvalue weighted by atomic mass is 32.2. The number of para-hydroxylation sites is 1. The Morgan fingerprint density at radius 2 is 2.15 bits per heavy atom.